The summed E-state index contributed by atoms with van der Waals surface area (Å²) in [7, 11) is -1.94. The summed E-state index contributed by atoms with van der Waals surface area (Å²) >= 11 is 12.3. The Morgan fingerprint density at radius 2 is 1.64 bits per heavy atom. The molecular weight excluding hydrogens is 776 g/mol. The highest BCUT2D eigenvalue weighted by molar-refractivity contribution is 6.47. The molecule has 3 heterocycles. The van der Waals surface area contributed by atoms with Crippen molar-refractivity contribution in [3.63, 3.8) is 0 Å². The molecule has 0 unspecified atom stereocenters. The van der Waals surface area contributed by atoms with Gasteiger partial charge in [-0.1, -0.05) is 35.3 Å². The number of phenolic OH excluding ortho intramolecular Hbond substituents is 3. The number of amides is 7. The van der Waals surface area contributed by atoms with Crippen LogP contribution in [0.15, 0.2) is 36.4 Å². The van der Waals surface area contributed by atoms with Gasteiger partial charge in [-0.2, -0.15) is 0 Å². The fourth-order valence-electron chi connectivity index (χ4n) is 6.62. The van der Waals surface area contributed by atoms with Crippen LogP contribution in [-0.4, -0.2) is 115 Å². The van der Waals surface area contributed by atoms with Gasteiger partial charge in [0, 0.05) is 37.8 Å². The Morgan fingerprint density at radius 3 is 2.33 bits per heavy atom. The largest absolute Gasteiger partial charge is 0.547 e. The van der Waals surface area contributed by atoms with Gasteiger partial charge in [0.05, 0.1) is 16.7 Å². The third-order valence-electron chi connectivity index (χ3n) is 9.49. The number of aromatic hydroxyl groups is 3. The van der Waals surface area contributed by atoms with Crippen molar-refractivity contribution >= 4 is 66.0 Å². The van der Waals surface area contributed by atoms with Gasteiger partial charge in [-0.15, -0.1) is 0 Å². The number of hydrogen-bond acceptors (Lipinski definition) is 10. The second-order valence-corrected chi connectivity index (χ2v) is 13.6. The molecule has 0 radical (unpaired) electrons. The van der Waals surface area contributed by atoms with E-state index in [-0.39, 0.29) is 60.7 Å². The molecule has 22 heteroatoms. The smallest absolute Gasteiger partial charge is 0.534 e. The predicted molar refractivity (Wildman–Crippen MR) is 189 cm³/mol. The number of halogens is 4. The average molecular weight is 807 g/mol. The number of likely N-dealkylation sites (tertiary alicyclic amines) is 1. The number of rotatable bonds is 7. The van der Waals surface area contributed by atoms with E-state index in [1.807, 2.05) is 0 Å². The van der Waals surface area contributed by atoms with Gasteiger partial charge < -0.3 is 55.9 Å². The SMILES string of the molecule is O=C(O)c1c(F)ccc2c1OB(O)[C@@H](NC(=O)[C@H](NC(=O)N1CCN(C3CCN(C(=O)Nc4cccc(O)c4Cl)CC3)C1=O)c1cc(F)c(O)c(O)c1Cl)C2. The number of urea groups is 3. The standard InChI is InChI=1S/C33H31BCl2F2N6O11/c35-23-16(13-18(38)26(46)27(23)47)25(29(48)40-21-12-14-4-5-17(37)22(30(49)50)28(14)55-34(21)54)41-32(52)44-11-10-43(33(44)53)15-6-8-42(9-7-15)31(51)39-19-2-1-3-20(45)24(19)36/h1-5,13,15,21,25,45-47,54H,6-12H2,(H,39,51)(H,40,48)(H,41,52)(H,49,50)/t21-,25+/m0/s1. The van der Waals surface area contributed by atoms with Gasteiger partial charge in [0.2, 0.25) is 5.91 Å². The first-order valence-corrected chi connectivity index (χ1v) is 17.3. The summed E-state index contributed by atoms with van der Waals surface area (Å²) < 4.78 is 34.2. The van der Waals surface area contributed by atoms with Crippen LogP contribution in [0.25, 0.3) is 0 Å². The number of carbonyl (C=O) groups is 5. The van der Waals surface area contributed by atoms with Gasteiger partial charge in [0.15, 0.2) is 17.3 Å². The topological polar surface area (TPSA) is 242 Å². The molecule has 3 aromatic carbocycles. The van der Waals surface area contributed by atoms with Crippen LogP contribution >= 0.6 is 23.2 Å². The van der Waals surface area contributed by atoms with Crippen molar-refractivity contribution in [2.75, 3.05) is 31.5 Å². The monoisotopic (exact) mass is 806 g/mol. The van der Waals surface area contributed by atoms with E-state index < -0.39 is 94.1 Å². The Kier molecular flexibility index (Phi) is 11.0. The van der Waals surface area contributed by atoms with Crippen molar-refractivity contribution < 1.29 is 62.9 Å². The summed E-state index contributed by atoms with van der Waals surface area (Å²) in [5.74, 6) is -9.82. The number of hydrogen-bond donors (Lipinski definition) is 8. The number of carbonyl (C=O) groups excluding carboxylic acids is 4. The molecule has 2 atom stereocenters. The minimum absolute atomic E-state index is 0.0265. The highest BCUT2D eigenvalue weighted by atomic mass is 35.5. The van der Waals surface area contributed by atoms with E-state index in [4.69, 9.17) is 27.9 Å². The molecule has 8 N–H and O–H groups in total. The zero-order chi connectivity index (χ0) is 39.9. The van der Waals surface area contributed by atoms with E-state index in [9.17, 15) is 58.2 Å². The lowest BCUT2D eigenvalue weighted by Crippen LogP contribution is -2.56. The molecule has 7 amide bonds. The summed E-state index contributed by atoms with van der Waals surface area (Å²) in [6.07, 6.45) is 0.380. The van der Waals surface area contributed by atoms with Crippen molar-refractivity contribution in [2.45, 2.75) is 37.3 Å². The van der Waals surface area contributed by atoms with Crippen LogP contribution in [-0.2, 0) is 11.2 Å². The maximum absolute atomic E-state index is 14.7. The fraction of sp³-hybridized carbons (Fsp3) is 0.303. The van der Waals surface area contributed by atoms with E-state index in [0.717, 1.165) is 11.0 Å². The van der Waals surface area contributed by atoms with Crippen molar-refractivity contribution in [1.29, 1.82) is 0 Å². The lowest BCUT2D eigenvalue weighted by atomic mass is 9.72. The number of piperidine rings is 1. The van der Waals surface area contributed by atoms with Crippen LogP contribution in [0.5, 0.6) is 23.0 Å². The van der Waals surface area contributed by atoms with Gasteiger partial charge in [-0.3, -0.25) is 4.79 Å². The van der Waals surface area contributed by atoms with Crippen molar-refractivity contribution in [2.24, 2.45) is 0 Å². The van der Waals surface area contributed by atoms with Crippen LogP contribution in [0.1, 0.15) is 40.4 Å². The molecule has 17 nitrogen and oxygen atoms in total. The summed E-state index contributed by atoms with van der Waals surface area (Å²) in [6, 6.07) is 2.30. The van der Waals surface area contributed by atoms with Crippen LogP contribution in [0.2, 0.25) is 10.0 Å². The van der Waals surface area contributed by atoms with Crippen molar-refractivity contribution in [3.8, 4) is 23.0 Å². The minimum atomic E-state index is -1.97. The summed E-state index contributed by atoms with van der Waals surface area (Å²) in [5, 5.41) is 56.6. The molecule has 0 saturated carbocycles. The number of carboxylic acid groups (broad SMARTS) is 1. The quantitative estimate of drug-likeness (QED) is 0.127. The van der Waals surface area contributed by atoms with Gasteiger partial charge in [0.25, 0.3) is 0 Å². The summed E-state index contributed by atoms with van der Waals surface area (Å²) in [4.78, 5) is 69.1. The molecular formula is C33H31BCl2F2N6O11. The Bertz CT molecular complexity index is 2090. The summed E-state index contributed by atoms with van der Waals surface area (Å²) in [6.45, 7) is 0.395. The van der Waals surface area contributed by atoms with E-state index in [1.165, 1.54) is 34.1 Å². The molecule has 0 aliphatic carbocycles. The highest BCUT2D eigenvalue weighted by Crippen LogP contribution is 2.41. The summed E-state index contributed by atoms with van der Waals surface area (Å²) in [5.41, 5.74) is -1.09. The lowest BCUT2D eigenvalue weighted by Gasteiger charge is -2.36. The molecule has 3 aliphatic heterocycles. The van der Waals surface area contributed by atoms with E-state index >= 15 is 0 Å². The molecule has 3 aliphatic rings. The maximum Gasteiger partial charge on any atom is 0.547 e. The van der Waals surface area contributed by atoms with Crippen molar-refractivity contribution in [3.05, 3.63) is 74.8 Å². The van der Waals surface area contributed by atoms with Gasteiger partial charge in [-0.05, 0) is 49.1 Å². The molecule has 0 aromatic heterocycles. The Hall–Kier alpha value is -5.73. The second-order valence-electron chi connectivity index (χ2n) is 12.8. The van der Waals surface area contributed by atoms with Gasteiger partial charge >= 0.3 is 31.2 Å². The molecule has 55 heavy (non-hydrogen) atoms. The predicted octanol–water partition coefficient (Wildman–Crippen LogP) is 3.41. The molecule has 2 saturated heterocycles. The molecule has 290 valence electrons. The normalized spacial score (nSPS) is 17.7. The molecule has 3 aromatic rings. The van der Waals surface area contributed by atoms with Gasteiger partial charge in [-0.25, -0.2) is 32.9 Å². The third kappa shape index (κ3) is 7.65. The second kappa shape index (κ2) is 15.6. The lowest BCUT2D eigenvalue weighted by molar-refractivity contribution is -0.123. The Morgan fingerprint density at radius 1 is 0.927 bits per heavy atom. The zero-order valence-electron chi connectivity index (χ0n) is 28.3. The van der Waals surface area contributed by atoms with Crippen LogP contribution in [0.3, 0.4) is 0 Å². The maximum atomic E-state index is 14.7. The Balaban J connectivity index is 1.15. The van der Waals surface area contributed by atoms with E-state index in [2.05, 4.69) is 16.0 Å². The number of anilines is 1. The zero-order valence-corrected chi connectivity index (χ0v) is 29.8. The van der Waals surface area contributed by atoms with Crippen LogP contribution < -0.4 is 20.6 Å². The first-order valence-electron chi connectivity index (χ1n) is 16.6. The van der Waals surface area contributed by atoms with Crippen molar-refractivity contribution in [1.82, 2.24) is 25.3 Å². The minimum Gasteiger partial charge on any atom is -0.534 e. The number of benzene rings is 3. The van der Waals surface area contributed by atoms with Crippen LogP contribution in [0.4, 0.5) is 28.9 Å². The number of nitrogens with zero attached hydrogens (tertiary/aromatic N) is 3. The van der Waals surface area contributed by atoms with Crippen LogP contribution in [0, 0.1) is 11.6 Å². The number of phenols is 3. The molecule has 6 rings (SSSR count). The molecule has 0 bridgehead atoms. The van der Waals surface area contributed by atoms with Gasteiger partial charge in [0.1, 0.15) is 33.9 Å². The fourth-order valence-corrected chi connectivity index (χ4v) is 7.04. The number of fused-ring (bicyclic) bond motifs is 1. The van der Waals surface area contributed by atoms with E-state index in [0.29, 0.717) is 18.9 Å². The average Bonchev–Trinajstić information content (AvgIpc) is 3.54. The van der Waals surface area contributed by atoms with E-state index in [1.54, 1.807) is 0 Å². The number of imide groups is 1. The number of nitrogens with one attached hydrogen (secondary N) is 3. The molecule has 2 fully saturated rings. The number of carboxylic acids is 1. The Labute approximate surface area is 320 Å². The first-order chi connectivity index (χ1) is 26.1. The third-order valence-corrected chi connectivity index (χ3v) is 10.3. The number of aromatic carboxylic acids is 1. The highest BCUT2D eigenvalue weighted by Gasteiger charge is 2.43. The first kappa shape index (κ1) is 39.0. The molecule has 0 spiro atoms.